The molecule has 122 valence electrons. The van der Waals surface area contributed by atoms with E-state index in [2.05, 4.69) is 13.8 Å². The molecule has 2 unspecified atom stereocenters. The molecule has 2 atom stereocenters. The summed E-state index contributed by atoms with van der Waals surface area (Å²) in [6, 6.07) is 0. The molecule has 4 nitrogen and oxygen atoms in total. The van der Waals surface area contributed by atoms with E-state index in [9.17, 15) is 9.59 Å². The van der Waals surface area contributed by atoms with Gasteiger partial charge in [-0.05, 0) is 44.4 Å². The second-order valence-corrected chi connectivity index (χ2v) is 6.43. The highest BCUT2D eigenvalue weighted by Crippen LogP contribution is 2.30. The maximum absolute atomic E-state index is 12.1. The van der Waals surface area contributed by atoms with Crippen LogP contribution in [0.3, 0.4) is 0 Å². The minimum Gasteiger partial charge on any atom is -0.465 e. The van der Waals surface area contributed by atoms with Crippen molar-refractivity contribution in [1.29, 1.82) is 0 Å². The first kappa shape index (κ1) is 18.0. The Balaban J connectivity index is 2.30. The van der Waals surface area contributed by atoms with E-state index in [-0.39, 0.29) is 23.8 Å². The quantitative estimate of drug-likeness (QED) is 0.506. The SMILES string of the molecule is CCCOC(=O)C1CCCC(C(=O)OCCCC(C)C)C1. The Kier molecular flexibility index (Phi) is 8.40. The van der Waals surface area contributed by atoms with Gasteiger partial charge in [0.05, 0.1) is 25.0 Å². The Morgan fingerprint density at radius 3 is 2.14 bits per heavy atom. The minimum atomic E-state index is -0.144. The summed E-state index contributed by atoms with van der Waals surface area (Å²) in [4.78, 5) is 23.9. The van der Waals surface area contributed by atoms with Crippen molar-refractivity contribution in [3.05, 3.63) is 0 Å². The van der Waals surface area contributed by atoms with Gasteiger partial charge in [0.15, 0.2) is 0 Å². The summed E-state index contributed by atoms with van der Waals surface area (Å²) in [5.41, 5.74) is 0. The van der Waals surface area contributed by atoms with Gasteiger partial charge in [-0.2, -0.15) is 0 Å². The molecule has 1 aliphatic rings. The van der Waals surface area contributed by atoms with Crippen LogP contribution in [0.2, 0.25) is 0 Å². The van der Waals surface area contributed by atoms with E-state index in [0.717, 1.165) is 38.5 Å². The maximum Gasteiger partial charge on any atom is 0.308 e. The van der Waals surface area contributed by atoms with E-state index >= 15 is 0 Å². The summed E-state index contributed by atoms with van der Waals surface area (Å²) < 4.78 is 10.5. The molecule has 0 aromatic heterocycles. The van der Waals surface area contributed by atoms with Crippen molar-refractivity contribution < 1.29 is 19.1 Å². The number of rotatable bonds is 8. The molecule has 1 saturated carbocycles. The second-order valence-electron chi connectivity index (χ2n) is 6.43. The van der Waals surface area contributed by atoms with Gasteiger partial charge in [0, 0.05) is 0 Å². The van der Waals surface area contributed by atoms with Crippen LogP contribution in [0.1, 0.15) is 65.7 Å². The second kappa shape index (κ2) is 9.80. The molecule has 1 aliphatic carbocycles. The number of hydrogen-bond acceptors (Lipinski definition) is 4. The molecule has 0 N–H and O–H groups in total. The average Bonchev–Trinajstić information content (AvgIpc) is 2.48. The first-order chi connectivity index (χ1) is 10.0. The molecular weight excluding hydrogens is 268 g/mol. The van der Waals surface area contributed by atoms with Gasteiger partial charge in [0.2, 0.25) is 0 Å². The monoisotopic (exact) mass is 298 g/mol. The zero-order valence-corrected chi connectivity index (χ0v) is 13.7. The molecule has 0 aromatic rings. The van der Waals surface area contributed by atoms with Crippen molar-refractivity contribution in [3.63, 3.8) is 0 Å². The summed E-state index contributed by atoms with van der Waals surface area (Å²) in [6.45, 7) is 7.27. The molecule has 0 aromatic carbocycles. The highest BCUT2D eigenvalue weighted by Gasteiger charge is 2.32. The van der Waals surface area contributed by atoms with Crippen LogP contribution < -0.4 is 0 Å². The van der Waals surface area contributed by atoms with Gasteiger partial charge in [0.1, 0.15) is 0 Å². The van der Waals surface area contributed by atoms with E-state index in [1.54, 1.807) is 0 Å². The van der Waals surface area contributed by atoms with Crippen molar-refractivity contribution >= 4 is 11.9 Å². The Labute approximate surface area is 128 Å². The highest BCUT2D eigenvalue weighted by atomic mass is 16.5. The smallest absolute Gasteiger partial charge is 0.308 e. The van der Waals surface area contributed by atoms with E-state index in [0.29, 0.717) is 25.6 Å². The minimum absolute atomic E-state index is 0.126. The van der Waals surface area contributed by atoms with Crippen LogP contribution in [0.4, 0.5) is 0 Å². The molecule has 0 amide bonds. The van der Waals surface area contributed by atoms with Crippen LogP contribution in [-0.4, -0.2) is 25.2 Å². The van der Waals surface area contributed by atoms with Gasteiger partial charge >= 0.3 is 11.9 Å². The zero-order valence-electron chi connectivity index (χ0n) is 13.7. The van der Waals surface area contributed by atoms with Gasteiger partial charge in [-0.3, -0.25) is 9.59 Å². The molecular formula is C17H30O4. The molecule has 0 spiro atoms. The molecule has 0 aliphatic heterocycles. The molecule has 1 rings (SSSR count). The predicted molar refractivity (Wildman–Crippen MR) is 81.7 cm³/mol. The third kappa shape index (κ3) is 6.96. The van der Waals surface area contributed by atoms with E-state index in [1.165, 1.54) is 0 Å². The largest absolute Gasteiger partial charge is 0.465 e. The van der Waals surface area contributed by atoms with Crippen molar-refractivity contribution in [1.82, 2.24) is 0 Å². The molecule has 0 heterocycles. The van der Waals surface area contributed by atoms with E-state index < -0.39 is 0 Å². The fourth-order valence-corrected chi connectivity index (χ4v) is 2.72. The Morgan fingerprint density at radius 1 is 1.05 bits per heavy atom. The Hall–Kier alpha value is -1.06. The van der Waals surface area contributed by atoms with Gasteiger partial charge in [-0.1, -0.05) is 27.2 Å². The third-order valence-electron chi connectivity index (χ3n) is 3.96. The molecule has 1 fully saturated rings. The summed E-state index contributed by atoms with van der Waals surface area (Å²) >= 11 is 0. The van der Waals surface area contributed by atoms with Gasteiger partial charge in [-0.25, -0.2) is 0 Å². The number of hydrogen-bond donors (Lipinski definition) is 0. The van der Waals surface area contributed by atoms with Gasteiger partial charge in [0.25, 0.3) is 0 Å². The maximum atomic E-state index is 12.1. The molecule has 4 heteroatoms. The Morgan fingerprint density at radius 2 is 1.62 bits per heavy atom. The van der Waals surface area contributed by atoms with Crippen LogP contribution >= 0.6 is 0 Å². The van der Waals surface area contributed by atoms with Gasteiger partial charge in [-0.15, -0.1) is 0 Å². The predicted octanol–water partition coefficient (Wildman–Crippen LogP) is 3.73. The van der Waals surface area contributed by atoms with E-state index in [1.807, 2.05) is 6.92 Å². The first-order valence-electron chi connectivity index (χ1n) is 8.37. The van der Waals surface area contributed by atoms with Crippen LogP contribution in [0, 0.1) is 17.8 Å². The van der Waals surface area contributed by atoms with Crippen LogP contribution in [0.15, 0.2) is 0 Å². The normalized spacial score (nSPS) is 22.1. The standard InChI is InChI=1S/C17H30O4/c1-4-10-20-16(18)14-8-5-9-15(12-14)17(19)21-11-6-7-13(2)3/h13-15H,4-12H2,1-3H3. The van der Waals surface area contributed by atoms with Crippen LogP contribution in [0.25, 0.3) is 0 Å². The highest BCUT2D eigenvalue weighted by molar-refractivity contribution is 5.76. The lowest BCUT2D eigenvalue weighted by Crippen LogP contribution is -2.30. The summed E-state index contributed by atoms with van der Waals surface area (Å²) in [5.74, 6) is 0.104. The van der Waals surface area contributed by atoms with Gasteiger partial charge < -0.3 is 9.47 Å². The molecule has 21 heavy (non-hydrogen) atoms. The fourth-order valence-electron chi connectivity index (χ4n) is 2.72. The van der Waals surface area contributed by atoms with Crippen molar-refractivity contribution in [3.8, 4) is 0 Å². The summed E-state index contributed by atoms with van der Waals surface area (Å²) in [7, 11) is 0. The number of esters is 2. The summed E-state index contributed by atoms with van der Waals surface area (Å²) in [6.07, 6.45) is 5.98. The number of ether oxygens (including phenoxy) is 2. The van der Waals surface area contributed by atoms with Crippen LogP contribution in [0.5, 0.6) is 0 Å². The lowest BCUT2D eigenvalue weighted by atomic mass is 9.81. The number of carbonyl (C=O) groups is 2. The fraction of sp³-hybridized carbons (Fsp3) is 0.882. The Bertz CT molecular complexity index is 325. The first-order valence-corrected chi connectivity index (χ1v) is 8.37. The van der Waals surface area contributed by atoms with Crippen molar-refractivity contribution in [2.45, 2.75) is 65.7 Å². The average molecular weight is 298 g/mol. The molecule has 0 radical (unpaired) electrons. The zero-order chi connectivity index (χ0) is 15.7. The van der Waals surface area contributed by atoms with E-state index in [4.69, 9.17) is 9.47 Å². The molecule has 0 saturated heterocycles. The van der Waals surface area contributed by atoms with Crippen molar-refractivity contribution in [2.75, 3.05) is 13.2 Å². The van der Waals surface area contributed by atoms with Crippen LogP contribution in [-0.2, 0) is 19.1 Å². The third-order valence-corrected chi connectivity index (χ3v) is 3.96. The van der Waals surface area contributed by atoms with Crippen molar-refractivity contribution in [2.24, 2.45) is 17.8 Å². The summed E-state index contributed by atoms with van der Waals surface area (Å²) in [5, 5.41) is 0. The lowest BCUT2D eigenvalue weighted by Gasteiger charge is -2.26. The lowest BCUT2D eigenvalue weighted by molar-refractivity contribution is -0.155. The topological polar surface area (TPSA) is 52.6 Å². The number of carbonyl (C=O) groups excluding carboxylic acids is 2. The molecule has 0 bridgehead atoms.